The molecule has 25 heavy (non-hydrogen) atoms. The molecule has 1 heterocycles. The Morgan fingerprint density at radius 3 is 2.24 bits per heavy atom. The van der Waals surface area contributed by atoms with Crippen LogP contribution >= 0.6 is 15.9 Å². The molecule has 2 nitrogen and oxygen atoms in total. The third-order valence-corrected chi connectivity index (χ3v) is 5.23. The molecule has 1 aliphatic rings. The number of halogens is 1. The van der Waals surface area contributed by atoms with Crippen LogP contribution in [0.25, 0.3) is 0 Å². The Morgan fingerprint density at radius 2 is 1.48 bits per heavy atom. The maximum atomic E-state index is 13.2. The first-order valence-corrected chi connectivity index (χ1v) is 9.20. The molecule has 0 fully saturated rings. The van der Waals surface area contributed by atoms with Crippen LogP contribution in [0, 0.1) is 0 Å². The lowest BCUT2D eigenvalue weighted by Gasteiger charge is -2.18. The van der Waals surface area contributed by atoms with E-state index in [1.165, 1.54) is 5.56 Å². The number of para-hydroxylation sites is 1. The maximum absolute atomic E-state index is 13.2. The minimum absolute atomic E-state index is 0.110. The minimum atomic E-state index is -0.110. The summed E-state index contributed by atoms with van der Waals surface area (Å²) in [5.41, 5.74) is 4.50. The SMILES string of the molecule is O=C1C(Cc2ccc(Br)cc2)c2ccccc2N1Cc1ccccc1. The molecule has 0 spiro atoms. The highest BCUT2D eigenvalue weighted by molar-refractivity contribution is 9.10. The minimum Gasteiger partial charge on any atom is -0.307 e. The van der Waals surface area contributed by atoms with E-state index in [2.05, 4.69) is 52.3 Å². The standard InChI is InChI=1S/C22H18BrNO/c23-18-12-10-16(11-13-18)14-20-19-8-4-5-9-21(19)24(22(20)25)15-17-6-2-1-3-7-17/h1-13,20H,14-15H2. The van der Waals surface area contributed by atoms with Crippen molar-refractivity contribution in [3.8, 4) is 0 Å². The molecule has 0 aliphatic carbocycles. The number of hydrogen-bond donors (Lipinski definition) is 0. The fourth-order valence-electron chi connectivity index (χ4n) is 3.45. The second kappa shape index (κ2) is 6.85. The van der Waals surface area contributed by atoms with Gasteiger partial charge in [-0.2, -0.15) is 0 Å². The molecule has 0 N–H and O–H groups in total. The molecule has 0 aromatic heterocycles. The summed E-state index contributed by atoms with van der Waals surface area (Å²) in [6.45, 7) is 0.619. The van der Waals surface area contributed by atoms with Gasteiger partial charge in [0.15, 0.2) is 0 Å². The van der Waals surface area contributed by atoms with Crippen LogP contribution < -0.4 is 4.90 Å². The van der Waals surface area contributed by atoms with Crippen molar-refractivity contribution >= 4 is 27.5 Å². The summed E-state index contributed by atoms with van der Waals surface area (Å²) in [6, 6.07) is 26.6. The van der Waals surface area contributed by atoms with Gasteiger partial charge in [-0.15, -0.1) is 0 Å². The molecule has 4 rings (SSSR count). The molecule has 1 atom stereocenters. The molecular formula is C22H18BrNO. The highest BCUT2D eigenvalue weighted by Crippen LogP contribution is 2.39. The molecular weight excluding hydrogens is 374 g/mol. The van der Waals surface area contributed by atoms with Gasteiger partial charge in [0.1, 0.15) is 0 Å². The summed E-state index contributed by atoms with van der Waals surface area (Å²) in [7, 11) is 0. The van der Waals surface area contributed by atoms with Crippen LogP contribution in [-0.4, -0.2) is 5.91 Å². The van der Waals surface area contributed by atoms with Gasteiger partial charge < -0.3 is 4.90 Å². The lowest BCUT2D eigenvalue weighted by molar-refractivity contribution is -0.119. The smallest absolute Gasteiger partial charge is 0.235 e. The van der Waals surface area contributed by atoms with Crippen molar-refractivity contribution in [1.82, 2.24) is 0 Å². The van der Waals surface area contributed by atoms with E-state index in [0.29, 0.717) is 6.54 Å². The van der Waals surface area contributed by atoms with Crippen molar-refractivity contribution in [1.29, 1.82) is 0 Å². The monoisotopic (exact) mass is 391 g/mol. The largest absolute Gasteiger partial charge is 0.307 e. The van der Waals surface area contributed by atoms with Gasteiger partial charge in [0.2, 0.25) is 5.91 Å². The molecule has 0 bridgehead atoms. The van der Waals surface area contributed by atoms with Gasteiger partial charge in [-0.05, 0) is 41.3 Å². The lowest BCUT2D eigenvalue weighted by Crippen LogP contribution is -2.28. The molecule has 3 aromatic rings. The van der Waals surface area contributed by atoms with Gasteiger partial charge in [0.25, 0.3) is 0 Å². The molecule has 0 saturated heterocycles. The summed E-state index contributed by atoms with van der Waals surface area (Å²) < 4.78 is 1.06. The van der Waals surface area contributed by atoms with E-state index in [0.717, 1.165) is 27.7 Å². The third kappa shape index (κ3) is 3.24. The number of fused-ring (bicyclic) bond motifs is 1. The van der Waals surface area contributed by atoms with Crippen molar-refractivity contribution in [2.45, 2.75) is 18.9 Å². The molecule has 124 valence electrons. The third-order valence-electron chi connectivity index (χ3n) is 4.70. The zero-order valence-electron chi connectivity index (χ0n) is 13.7. The number of anilines is 1. The van der Waals surface area contributed by atoms with E-state index in [1.54, 1.807) is 0 Å². The molecule has 0 radical (unpaired) electrons. The Balaban J connectivity index is 1.65. The summed E-state index contributed by atoms with van der Waals surface area (Å²) in [6.07, 6.45) is 0.731. The second-order valence-corrected chi connectivity index (χ2v) is 7.27. The number of carbonyl (C=O) groups excluding carboxylic acids is 1. The van der Waals surface area contributed by atoms with Gasteiger partial charge >= 0.3 is 0 Å². The average Bonchev–Trinajstić information content (AvgIpc) is 2.90. The summed E-state index contributed by atoms with van der Waals surface area (Å²) >= 11 is 3.47. The van der Waals surface area contributed by atoms with E-state index in [4.69, 9.17) is 0 Å². The Morgan fingerprint density at radius 1 is 0.800 bits per heavy atom. The predicted octanol–water partition coefficient (Wildman–Crippen LogP) is 5.32. The summed E-state index contributed by atoms with van der Waals surface area (Å²) in [5.74, 6) is 0.0778. The molecule has 1 aliphatic heterocycles. The van der Waals surface area contributed by atoms with Crippen LogP contribution in [0.5, 0.6) is 0 Å². The van der Waals surface area contributed by atoms with Crippen LogP contribution in [0.1, 0.15) is 22.6 Å². The van der Waals surface area contributed by atoms with Gasteiger partial charge in [0, 0.05) is 10.2 Å². The Labute approximate surface area is 156 Å². The van der Waals surface area contributed by atoms with E-state index >= 15 is 0 Å². The normalized spacial score (nSPS) is 16.1. The molecule has 1 unspecified atom stereocenters. The number of amides is 1. The van der Waals surface area contributed by atoms with Crippen LogP contribution in [-0.2, 0) is 17.8 Å². The fraction of sp³-hybridized carbons (Fsp3) is 0.136. The predicted molar refractivity (Wildman–Crippen MR) is 105 cm³/mol. The number of nitrogens with zero attached hydrogens (tertiary/aromatic N) is 1. The number of rotatable bonds is 4. The highest BCUT2D eigenvalue weighted by Gasteiger charge is 2.36. The zero-order valence-corrected chi connectivity index (χ0v) is 15.3. The van der Waals surface area contributed by atoms with Gasteiger partial charge in [-0.1, -0.05) is 76.6 Å². The molecule has 3 aromatic carbocycles. The summed E-state index contributed by atoms with van der Waals surface area (Å²) in [5, 5.41) is 0. The van der Waals surface area contributed by atoms with Crippen molar-refractivity contribution < 1.29 is 4.79 Å². The highest BCUT2D eigenvalue weighted by atomic mass is 79.9. The van der Waals surface area contributed by atoms with Gasteiger partial charge in [-0.3, -0.25) is 4.79 Å². The lowest BCUT2D eigenvalue weighted by atomic mass is 9.93. The average molecular weight is 392 g/mol. The second-order valence-electron chi connectivity index (χ2n) is 6.35. The van der Waals surface area contributed by atoms with Gasteiger partial charge in [0.05, 0.1) is 12.5 Å². The van der Waals surface area contributed by atoms with Gasteiger partial charge in [-0.25, -0.2) is 0 Å². The maximum Gasteiger partial charge on any atom is 0.235 e. The van der Waals surface area contributed by atoms with Crippen LogP contribution in [0.2, 0.25) is 0 Å². The van der Waals surface area contributed by atoms with E-state index in [1.807, 2.05) is 47.4 Å². The number of benzene rings is 3. The molecule has 1 amide bonds. The van der Waals surface area contributed by atoms with E-state index in [9.17, 15) is 4.79 Å². The first-order valence-electron chi connectivity index (χ1n) is 8.41. The van der Waals surface area contributed by atoms with Crippen LogP contribution in [0.15, 0.2) is 83.3 Å². The Bertz CT molecular complexity index is 889. The van der Waals surface area contributed by atoms with E-state index < -0.39 is 0 Å². The summed E-state index contributed by atoms with van der Waals surface area (Å²) in [4.78, 5) is 15.1. The Hall–Kier alpha value is -2.39. The number of hydrogen-bond acceptors (Lipinski definition) is 1. The van der Waals surface area contributed by atoms with Crippen molar-refractivity contribution in [3.05, 3.63) is 100 Å². The quantitative estimate of drug-likeness (QED) is 0.588. The molecule has 3 heteroatoms. The van der Waals surface area contributed by atoms with Crippen molar-refractivity contribution in [2.24, 2.45) is 0 Å². The first kappa shape index (κ1) is 16.1. The fourth-order valence-corrected chi connectivity index (χ4v) is 3.71. The van der Waals surface area contributed by atoms with E-state index in [-0.39, 0.29) is 11.8 Å². The topological polar surface area (TPSA) is 20.3 Å². The first-order chi connectivity index (χ1) is 12.2. The Kier molecular flexibility index (Phi) is 4.41. The molecule has 0 saturated carbocycles. The van der Waals surface area contributed by atoms with Crippen LogP contribution in [0.3, 0.4) is 0 Å². The number of carbonyl (C=O) groups is 1. The van der Waals surface area contributed by atoms with Crippen molar-refractivity contribution in [3.63, 3.8) is 0 Å². The van der Waals surface area contributed by atoms with Crippen LogP contribution in [0.4, 0.5) is 5.69 Å². The zero-order chi connectivity index (χ0) is 17.2. The van der Waals surface area contributed by atoms with Crippen molar-refractivity contribution in [2.75, 3.05) is 4.90 Å².